The number of ether oxygens (including phenoxy) is 1. The van der Waals surface area contributed by atoms with Gasteiger partial charge in [-0.2, -0.15) is 0 Å². The van der Waals surface area contributed by atoms with Gasteiger partial charge in [-0.15, -0.1) is 11.3 Å². The maximum Gasteiger partial charge on any atom is 0.347 e. The molecule has 1 aromatic carbocycles. The lowest BCUT2D eigenvalue weighted by atomic mass is 10.1. The molecule has 0 bridgehead atoms. The van der Waals surface area contributed by atoms with Crippen molar-refractivity contribution in [2.45, 2.75) is 6.92 Å². The molecule has 16 heavy (non-hydrogen) atoms. The number of halogens is 1. The molecule has 0 spiro atoms. The van der Waals surface area contributed by atoms with Crippen LogP contribution in [0.25, 0.3) is 10.1 Å². The van der Waals surface area contributed by atoms with Crippen LogP contribution < -0.4 is 4.74 Å². The van der Waals surface area contributed by atoms with Gasteiger partial charge < -0.3 is 9.84 Å². The molecule has 84 valence electrons. The number of hydrogen-bond acceptors (Lipinski definition) is 3. The fourth-order valence-electron chi connectivity index (χ4n) is 1.55. The summed E-state index contributed by atoms with van der Waals surface area (Å²) in [5.74, 6) is -0.285. The predicted octanol–water partition coefficient (Wildman–Crippen LogP) is 3.57. The summed E-state index contributed by atoms with van der Waals surface area (Å²) < 4.78 is 6.04. The zero-order valence-electron chi connectivity index (χ0n) is 8.70. The van der Waals surface area contributed by atoms with Gasteiger partial charge in [0.05, 0.1) is 12.1 Å². The molecule has 1 heterocycles. The first-order valence-electron chi connectivity index (χ1n) is 4.54. The summed E-state index contributed by atoms with van der Waals surface area (Å²) in [4.78, 5) is 11.1. The minimum Gasteiger partial charge on any atom is -0.496 e. The Balaban J connectivity index is 2.77. The lowest BCUT2D eigenvalue weighted by Gasteiger charge is -2.03. The molecule has 3 nitrogen and oxygen atoms in total. The first-order chi connectivity index (χ1) is 7.54. The summed E-state index contributed by atoms with van der Waals surface area (Å²) in [5.41, 5.74) is 0.963. The summed E-state index contributed by atoms with van der Waals surface area (Å²) in [6.45, 7) is 1.91. The molecule has 2 aromatic rings. The van der Waals surface area contributed by atoms with Crippen LogP contribution in [0.3, 0.4) is 0 Å². The number of hydrogen-bond donors (Lipinski definition) is 1. The van der Waals surface area contributed by atoms with Crippen molar-refractivity contribution in [3.63, 3.8) is 0 Å². The Bertz CT molecular complexity index is 574. The summed E-state index contributed by atoms with van der Waals surface area (Å²) in [5, 5.41) is 9.97. The van der Waals surface area contributed by atoms with E-state index in [2.05, 4.69) is 0 Å². The first kappa shape index (κ1) is 11.2. The molecular formula is C11H9ClO3S. The normalized spacial score (nSPS) is 10.7. The van der Waals surface area contributed by atoms with E-state index >= 15 is 0 Å². The smallest absolute Gasteiger partial charge is 0.347 e. The third kappa shape index (κ3) is 1.64. The standard InChI is InChI=1S/C11H9ClO3S/c1-5-3-8-6(4-7(5)15-2)9(12)10(16-8)11(13)14/h3-4H,1-2H3,(H,13,14). The van der Waals surface area contributed by atoms with Gasteiger partial charge in [0.1, 0.15) is 10.6 Å². The second-order valence-corrected chi connectivity index (χ2v) is 4.80. The summed E-state index contributed by atoms with van der Waals surface area (Å²) in [7, 11) is 1.58. The highest BCUT2D eigenvalue weighted by Gasteiger charge is 2.17. The van der Waals surface area contributed by atoms with E-state index in [0.29, 0.717) is 5.75 Å². The van der Waals surface area contributed by atoms with Crippen molar-refractivity contribution in [1.82, 2.24) is 0 Å². The molecule has 0 saturated carbocycles. The van der Waals surface area contributed by atoms with Gasteiger partial charge in [-0.3, -0.25) is 0 Å². The zero-order chi connectivity index (χ0) is 11.9. The highest BCUT2D eigenvalue weighted by atomic mass is 35.5. The quantitative estimate of drug-likeness (QED) is 0.894. The number of carboxylic acid groups (broad SMARTS) is 1. The molecule has 0 radical (unpaired) electrons. The van der Waals surface area contributed by atoms with Crippen molar-refractivity contribution in [2.24, 2.45) is 0 Å². The number of methoxy groups -OCH3 is 1. The third-order valence-corrected chi connectivity index (χ3v) is 3.98. The van der Waals surface area contributed by atoms with Crippen LogP contribution in [-0.4, -0.2) is 18.2 Å². The number of fused-ring (bicyclic) bond motifs is 1. The lowest BCUT2D eigenvalue weighted by molar-refractivity contribution is 0.0702. The summed E-state index contributed by atoms with van der Waals surface area (Å²) >= 11 is 7.19. The second-order valence-electron chi connectivity index (χ2n) is 3.37. The van der Waals surface area contributed by atoms with Crippen molar-refractivity contribution in [1.29, 1.82) is 0 Å². The molecule has 0 unspecified atom stereocenters. The molecule has 0 saturated heterocycles. The number of aryl methyl sites for hydroxylation is 1. The molecule has 5 heteroatoms. The fourth-order valence-corrected chi connectivity index (χ4v) is 2.97. The lowest BCUT2D eigenvalue weighted by Crippen LogP contribution is -1.91. The van der Waals surface area contributed by atoms with Crippen molar-refractivity contribution >= 4 is 39.0 Å². The molecule has 1 N–H and O–H groups in total. The predicted molar refractivity (Wildman–Crippen MR) is 65.1 cm³/mol. The molecule has 0 aliphatic rings. The van der Waals surface area contributed by atoms with E-state index in [1.54, 1.807) is 13.2 Å². The van der Waals surface area contributed by atoms with Gasteiger partial charge in [-0.25, -0.2) is 4.79 Å². The van der Waals surface area contributed by atoms with Gasteiger partial charge in [0, 0.05) is 10.1 Å². The van der Waals surface area contributed by atoms with Crippen molar-refractivity contribution in [3.8, 4) is 5.75 Å². The summed E-state index contributed by atoms with van der Waals surface area (Å²) in [6.07, 6.45) is 0. The maximum absolute atomic E-state index is 10.9. The number of carbonyl (C=O) groups is 1. The zero-order valence-corrected chi connectivity index (χ0v) is 10.3. The van der Waals surface area contributed by atoms with Crippen molar-refractivity contribution < 1.29 is 14.6 Å². The Hall–Kier alpha value is -1.26. The Morgan fingerprint density at radius 3 is 2.75 bits per heavy atom. The molecule has 1 aromatic heterocycles. The van der Waals surface area contributed by atoms with Crippen LogP contribution in [0.5, 0.6) is 5.75 Å². The van der Waals surface area contributed by atoms with Crippen LogP contribution in [0.4, 0.5) is 0 Å². The minimum atomic E-state index is -0.997. The van der Waals surface area contributed by atoms with Gasteiger partial charge >= 0.3 is 5.97 Å². The van der Waals surface area contributed by atoms with Gasteiger partial charge in [0.15, 0.2) is 0 Å². The van der Waals surface area contributed by atoms with E-state index < -0.39 is 5.97 Å². The van der Waals surface area contributed by atoms with Gasteiger partial charge in [-0.1, -0.05) is 11.6 Å². The Kier molecular flexibility index (Phi) is 2.78. The van der Waals surface area contributed by atoms with Crippen molar-refractivity contribution in [2.75, 3.05) is 7.11 Å². The van der Waals surface area contributed by atoms with Crippen LogP contribution in [0.15, 0.2) is 12.1 Å². The molecule has 0 aliphatic heterocycles. The molecule has 0 aliphatic carbocycles. The average Bonchev–Trinajstić information content (AvgIpc) is 2.54. The molecule has 0 fully saturated rings. The molecular weight excluding hydrogens is 248 g/mol. The minimum absolute atomic E-state index is 0.171. The SMILES string of the molecule is COc1cc2c(Cl)c(C(=O)O)sc2cc1C. The third-order valence-electron chi connectivity index (χ3n) is 2.34. The maximum atomic E-state index is 10.9. The van der Waals surface area contributed by atoms with E-state index in [0.717, 1.165) is 15.6 Å². The fraction of sp³-hybridized carbons (Fsp3) is 0.182. The van der Waals surface area contributed by atoms with Crippen molar-refractivity contribution in [3.05, 3.63) is 27.6 Å². The first-order valence-corrected chi connectivity index (χ1v) is 5.74. The van der Waals surface area contributed by atoms with Crippen LogP contribution in [0.2, 0.25) is 5.02 Å². The van der Waals surface area contributed by atoms with E-state index in [4.69, 9.17) is 21.4 Å². The molecule has 0 atom stereocenters. The highest BCUT2D eigenvalue weighted by Crippen LogP contribution is 2.38. The Labute approximate surface area is 101 Å². The van der Waals surface area contributed by atoms with Crippen LogP contribution in [-0.2, 0) is 0 Å². The number of aromatic carboxylic acids is 1. The van der Waals surface area contributed by atoms with Crippen LogP contribution >= 0.6 is 22.9 Å². The number of rotatable bonds is 2. The number of benzene rings is 1. The monoisotopic (exact) mass is 256 g/mol. The largest absolute Gasteiger partial charge is 0.496 e. The Morgan fingerprint density at radius 1 is 1.50 bits per heavy atom. The molecule has 2 rings (SSSR count). The van der Waals surface area contributed by atoms with E-state index in [9.17, 15) is 4.79 Å². The van der Waals surface area contributed by atoms with E-state index in [-0.39, 0.29) is 9.90 Å². The van der Waals surface area contributed by atoms with Crippen LogP contribution in [0.1, 0.15) is 15.2 Å². The van der Waals surface area contributed by atoms with Gasteiger partial charge in [0.25, 0.3) is 0 Å². The summed E-state index contributed by atoms with van der Waals surface area (Å²) in [6, 6.07) is 3.66. The topological polar surface area (TPSA) is 46.5 Å². The van der Waals surface area contributed by atoms with E-state index in [1.807, 2.05) is 13.0 Å². The van der Waals surface area contributed by atoms with Gasteiger partial charge in [-0.05, 0) is 24.6 Å². The second kappa shape index (κ2) is 3.96. The highest BCUT2D eigenvalue weighted by molar-refractivity contribution is 7.21. The van der Waals surface area contributed by atoms with Gasteiger partial charge in [0.2, 0.25) is 0 Å². The number of carboxylic acids is 1. The number of thiophene rings is 1. The Morgan fingerprint density at radius 2 is 2.19 bits per heavy atom. The molecule has 0 amide bonds. The van der Waals surface area contributed by atoms with E-state index in [1.165, 1.54) is 11.3 Å². The van der Waals surface area contributed by atoms with Crippen LogP contribution in [0, 0.1) is 6.92 Å². The average molecular weight is 257 g/mol.